The van der Waals surface area contributed by atoms with E-state index in [1.807, 2.05) is 6.07 Å². The fourth-order valence-corrected chi connectivity index (χ4v) is 2.52. The van der Waals surface area contributed by atoms with E-state index in [9.17, 15) is 9.59 Å². The Bertz CT molecular complexity index is 765. The van der Waals surface area contributed by atoms with E-state index in [-0.39, 0.29) is 18.2 Å². The molecule has 1 unspecified atom stereocenters. The summed E-state index contributed by atoms with van der Waals surface area (Å²) in [5.74, 6) is -0.689. The zero-order valence-corrected chi connectivity index (χ0v) is 12.3. The quantitative estimate of drug-likeness (QED) is 0.939. The number of benzene rings is 1. The Morgan fingerprint density at radius 2 is 2.09 bits per heavy atom. The molecule has 1 aliphatic heterocycles. The van der Waals surface area contributed by atoms with Gasteiger partial charge in [0, 0.05) is 24.8 Å². The summed E-state index contributed by atoms with van der Waals surface area (Å²) in [4.78, 5) is 30.0. The van der Waals surface area contributed by atoms with Gasteiger partial charge in [-0.15, -0.1) is 0 Å². The zero-order chi connectivity index (χ0) is 16.2. The summed E-state index contributed by atoms with van der Waals surface area (Å²) in [6.45, 7) is 0.340. The second-order valence-electron chi connectivity index (χ2n) is 5.30. The molecule has 0 aliphatic carbocycles. The monoisotopic (exact) mass is 306 g/mol. The summed E-state index contributed by atoms with van der Waals surface area (Å²) in [6.07, 6.45) is 3.43. The van der Waals surface area contributed by atoms with E-state index >= 15 is 0 Å². The summed E-state index contributed by atoms with van der Waals surface area (Å²) < 4.78 is 0. The van der Waals surface area contributed by atoms with E-state index in [4.69, 9.17) is 5.26 Å². The van der Waals surface area contributed by atoms with Crippen LogP contribution in [0.5, 0.6) is 0 Å². The van der Waals surface area contributed by atoms with E-state index < -0.39 is 5.92 Å². The molecule has 6 heteroatoms. The highest BCUT2D eigenvalue weighted by molar-refractivity contribution is 6.03. The van der Waals surface area contributed by atoms with E-state index in [0.717, 1.165) is 0 Å². The molecule has 1 atom stereocenters. The lowest BCUT2D eigenvalue weighted by atomic mass is 10.1. The van der Waals surface area contributed by atoms with Crippen molar-refractivity contribution >= 4 is 23.2 Å². The van der Waals surface area contributed by atoms with Crippen molar-refractivity contribution in [3.05, 3.63) is 54.4 Å². The van der Waals surface area contributed by atoms with Crippen molar-refractivity contribution < 1.29 is 9.59 Å². The Morgan fingerprint density at radius 3 is 2.74 bits per heavy atom. The van der Waals surface area contributed by atoms with E-state index in [0.29, 0.717) is 23.5 Å². The van der Waals surface area contributed by atoms with Gasteiger partial charge in [0.2, 0.25) is 11.8 Å². The molecular formula is C17H14N4O2. The third-order valence-corrected chi connectivity index (χ3v) is 3.73. The number of aromatic nitrogens is 1. The molecule has 114 valence electrons. The Hall–Kier alpha value is -3.20. The Kier molecular flexibility index (Phi) is 4.02. The lowest BCUT2D eigenvalue weighted by Gasteiger charge is -2.16. The van der Waals surface area contributed by atoms with Gasteiger partial charge in [-0.25, -0.2) is 0 Å². The Balaban J connectivity index is 1.67. The number of nitrogens with one attached hydrogen (secondary N) is 1. The maximum absolute atomic E-state index is 12.3. The molecule has 1 aromatic heterocycles. The Labute approximate surface area is 133 Å². The maximum Gasteiger partial charge on any atom is 0.229 e. The van der Waals surface area contributed by atoms with Crippen LogP contribution in [0.2, 0.25) is 0 Å². The number of amides is 2. The van der Waals surface area contributed by atoms with Crippen molar-refractivity contribution in [1.29, 1.82) is 5.26 Å². The molecule has 1 N–H and O–H groups in total. The van der Waals surface area contributed by atoms with Crippen LogP contribution >= 0.6 is 0 Å². The molecule has 2 heterocycles. The van der Waals surface area contributed by atoms with Crippen molar-refractivity contribution in [1.82, 2.24) is 4.98 Å². The fourth-order valence-electron chi connectivity index (χ4n) is 2.52. The average molecular weight is 306 g/mol. The molecule has 3 rings (SSSR count). The van der Waals surface area contributed by atoms with Gasteiger partial charge in [-0.3, -0.25) is 14.6 Å². The standard InChI is InChI=1S/C17H14N4O2/c18-9-12-3-5-14(6-4-12)20-17(23)13-8-16(22)21(11-13)15-2-1-7-19-10-15/h1-7,10,13H,8,11H2,(H,20,23). The Morgan fingerprint density at radius 1 is 1.30 bits per heavy atom. The van der Waals surface area contributed by atoms with Crippen LogP contribution in [0.1, 0.15) is 12.0 Å². The lowest BCUT2D eigenvalue weighted by Crippen LogP contribution is -2.28. The van der Waals surface area contributed by atoms with Crippen LogP contribution in [-0.4, -0.2) is 23.3 Å². The lowest BCUT2D eigenvalue weighted by molar-refractivity contribution is -0.122. The van der Waals surface area contributed by atoms with Crippen molar-refractivity contribution in [2.75, 3.05) is 16.8 Å². The molecule has 6 nitrogen and oxygen atoms in total. The number of carbonyl (C=O) groups excluding carboxylic acids is 2. The van der Waals surface area contributed by atoms with Crippen molar-refractivity contribution in [3.63, 3.8) is 0 Å². The summed E-state index contributed by atoms with van der Waals surface area (Å²) in [5.41, 5.74) is 1.84. The largest absolute Gasteiger partial charge is 0.326 e. The number of pyridine rings is 1. The van der Waals surface area contributed by atoms with Crippen LogP contribution < -0.4 is 10.2 Å². The molecule has 1 aromatic carbocycles. The molecule has 23 heavy (non-hydrogen) atoms. The molecule has 1 aliphatic rings. The molecular weight excluding hydrogens is 292 g/mol. The van der Waals surface area contributed by atoms with E-state index in [1.165, 1.54) is 0 Å². The number of nitriles is 1. The predicted octanol–water partition coefficient (Wildman–Crippen LogP) is 1.94. The van der Waals surface area contributed by atoms with Crippen LogP contribution in [0.4, 0.5) is 11.4 Å². The third kappa shape index (κ3) is 3.19. The highest BCUT2D eigenvalue weighted by Crippen LogP contribution is 2.25. The first-order valence-corrected chi connectivity index (χ1v) is 7.19. The SMILES string of the molecule is N#Cc1ccc(NC(=O)C2CC(=O)N(c3cccnc3)C2)cc1. The number of nitrogens with zero attached hydrogens (tertiary/aromatic N) is 3. The molecule has 0 saturated carbocycles. The van der Waals surface area contributed by atoms with Crippen molar-refractivity contribution in [3.8, 4) is 6.07 Å². The first-order chi connectivity index (χ1) is 11.2. The van der Waals surface area contributed by atoms with Crippen LogP contribution in [-0.2, 0) is 9.59 Å². The van der Waals surface area contributed by atoms with Gasteiger partial charge in [-0.05, 0) is 36.4 Å². The number of carbonyl (C=O) groups is 2. The molecule has 1 fully saturated rings. The molecule has 1 saturated heterocycles. The highest BCUT2D eigenvalue weighted by atomic mass is 16.2. The number of hydrogen-bond acceptors (Lipinski definition) is 4. The summed E-state index contributed by atoms with van der Waals surface area (Å²) in [5, 5.41) is 11.5. The predicted molar refractivity (Wildman–Crippen MR) is 84.5 cm³/mol. The van der Waals surface area contributed by atoms with Gasteiger partial charge >= 0.3 is 0 Å². The third-order valence-electron chi connectivity index (χ3n) is 3.73. The number of hydrogen-bond donors (Lipinski definition) is 1. The first-order valence-electron chi connectivity index (χ1n) is 7.19. The molecule has 0 radical (unpaired) electrons. The molecule has 0 spiro atoms. The summed E-state index contributed by atoms with van der Waals surface area (Å²) >= 11 is 0. The number of rotatable bonds is 3. The minimum Gasteiger partial charge on any atom is -0.326 e. The highest BCUT2D eigenvalue weighted by Gasteiger charge is 2.35. The normalized spacial score (nSPS) is 16.9. The summed E-state index contributed by atoms with van der Waals surface area (Å²) in [7, 11) is 0. The van der Waals surface area contributed by atoms with Crippen molar-refractivity contribution in [2.45, 2.75) is 6.42 Å². The topological polar surface area (TPSA) is 86.1 Å². The molecule has 2 aromatic rings. The van der Waals surface area contributed by atoms with Crippen LogP contribution in [0.15, 0.2) is 48.8 Å². The van der Waals surface area contributed by atoms with Gasteiger partial charge in [0.15, 0.2) is 0 Å². The van der Waals surface area contributed by atoms with Gasteiger partial charge in [0.1, 0.15) is 0 Å². The minimum absolute atomic E-state index is 0.0852. The van der Waals surface area contributed by atoms with Gasteiger partial charge < -0.3 is 10.2 Å². The smallest absolute Gasteiger partial charge is 0.229 e. The van der Waals surface area contributed by atoms with E-state index in [2.05, 4.69) is 10.3 Å². The zero-order valence-electron chi connectivity index (χ0n) is 12.3. The van der Waals surface area contributed by atoms with Gasteiger partial charge in [-0.1, -0.05) is 0 Å². The van der Waals surface area contributed by atoms with Crippen LogP contribution in [0, 0.1) is 17.2 Å². The number of anilines is 2. The van der Waals surface area contributed by atoms with Crippen LogP contribution in [0.3, 0.4) is 0 Å². The second-order valence-corrected chi connectivity index (χ2v) is 5.30. The minimum atomic E-state index is -0.404. The first kappa shape index (κ1) is 14.7. The van der Waals surface area contributed by atoms with Crippen LogP contribution in [0.25, 0.3) is 0 Å². The average Bonchev–Trinajstić information content (AvgIpc) is 2.98. The second kappa shape index (κ2) is 6.28. The molecule has 2 amide bonds. The van der Waals surface area contributed by atoms with Gasteiger partial charge in [0.05, 0.1) is 29.4 Å². The fraction of sp³-hybridized carbons (Fsp3) is 0.176. The van der Waals surface area contributed by atoms with Gasteiger partial charge in [0.25, 0.3) is 0 Å². The molecule has 0 bridgehead atoms. The summed E-state index contributed by atoms with van der Waals surface area (Å²) in [6, 6.07) is 12.2. The van der Waals surface area contributed by atoms with Gasteiger partial charge in [-0.2, -0.15) is 5.26 Å². The maximum atomic E-state index is 12.3. The van der Waals surface area contributed by atoms with Crippen molar-refractivity contribution in [2.24, 2.45) is 5.92 Å². The van der Waals surface area contributed by atoms with E-state index in [1.54, 1.807) is 53.7 Å².